The van der Waals surface area contributed by atoms with E-state index in [9.17, 15) is 9.36 Å². The van der Waals surface area contributed by atoms with Crippen LogP contribution in [0.2, 0.25) is 0 Å². The van der Waals surface area contributed by atoms with Crippen LogP contribution in [0.15, 0.2) is 24.3 Å². The highest BCUT2D eigenvalue weighted by atomic mass is 31.2. The summed E-state index contributed by atoms with van der Waals surface area (Å²) in [4.78, 5) is 11.6. The third-order valence-electron chi connectivity index (χ3n) is 2.46. The Labute approximate surface area is 118 Å². The zero-order valence-corrected chi connectivity index (χ0v) is 12.7. The lowest BCUT2D eigenvalue weighted by molar-refractivity contribution is -0.118. The first-order valence-corrected chi connectivity index (χ1v) is 7.83. The molecule has 0 atom stereocenters. The topological polar surface area (TPSA) is 71.1 Å². The van der Waals surface area contributed by atoms with Gasteiger partial charge in [-0.15, -0.1) is 0 Å². The molecule has 0 aliphatic rings. The number of ether oxygens (including phenoxy) is 2. The molecule has 0 aromatic heterocycles. The average molecular weight is 302 g/mol. The number of hydrogen-bond acceptors (Lipinski definition) is 6. The summed E-state index contributed by atoms with van der Waals surface area (Å²) in [5, 5.41) is 0. The van der Waals surface area contributed by atoms with Crippen LogP contribution in [0.4, 0.5) is 0 Å². The molecule has 0 bridgehead atoms. The molecule has 20 heavy (non-hydrogen) atoms. The summed E-state index contributed by atoms with van der Waals surface area (Å²) in [6.07, 6.45) is -0.309. The fourth-order valence-electron chi connectivity index (χ4n) is 1.43. The van der Waals surface area contributed by atoms with Crippen LogP contribution in [0.25, 0.3) is 0 Å². The van der Waals surface area contributed by atoms with E-state index >= 15 is 0 Å². The van der Waals surface area contributed by atoms with Crippen LogP contribution in [0.1, 0.15) is 6.92 Å². The molecule has 0 spiro atoms. The van der Waals surface area contributed by atoms with Crippen molar-refractivity contribution in [1.29, 1.82) is 0 Å². The van der Waals surface area contributed by atoms with Gasteiger partial charge < -0.3 is 18.5 Å². The first-order chi connectivity index (χ1) is 9.53. The van der Waals surface area contributed by atoms with Crippen LogP contribution in [-0.2, 0) is 18.4 Å². The largest absolute Gasteiger partial charge is 0.494 e. The highest BCUT2D eigenvalue weighted by Crippen LogP contribution is 2.45. The molecule has 0 N–H and O–H groups in total. The minimum Gasteiger partial charge on any atom is -0.494 e. The van der Waals surface area contributed by atoms with E-state index in [4.69, 9.17) is 18.5 Å². The quantitative estimate of drug-likeness (QED) is 0.653. The molecule has 112 valence electrons. The van der Waals surface area contributed by atoms with Gasteiger partial charge in [-0.3, -0.25) is 9.36 Å². The van der Waals surface area contributed by atoms with Gasteiger partial charge in [0.05, 0.1) is 6.61 Å². The molecule has 0 saturated carbocycles. The number of benzene rings is 1. The smallest absolute Gasteiger partial charge is 0.337 e. The van der Waals surface area contributed by atoms with Gasteiger partial charge in [-0.05, 0) is 31.2 Å². The van der Waals surface area contributed by atoms with Crippen LogP contribution in [-0.4, -0.2) is 39.4 Å². The predicted molar refractivity (Wildman–Crippen MR) is 74.6 cm³/mol. The second-order valence-electron chi connectivity index (χ2n) is 3.87. The van der Waals surface area contributed by atoms with Crippen molar-refractivity contribution in [2.75, 3.05) is 33.6 Å². The van der Waals surface area contributed by atoms with E-state index in [2.05, 4.69) is 0 Å². The van der Waals surface area contributed by atoms with Gasteiger partial charge in [0.2, 0.25) is 0 Å². The van der Waals surface area contributed by atoms with Crippen molar-refractivity contribution < 1.29 is 27.9 Å². The number of carbonyl (C=O) groups is 1. The van der Waals surface area contributed by atoms with Crippen molar-refractivity contribution in [1.82, 2.24) is 0 Å². The molecule has 7 heteroatoms. The van der Waals surface area contributed by atoms with E-state index in [-0.39, 0.29) is 18.6 Å². The molecular formula is C13H19O6P. The van der Waals surface area contributed by atoms with Crippen LogP contribution in [0, 0.1) is 0 Å². The van der Waals surface area contributed by atoms with Crippen LogP contribution >= 0.6 is 7.60 Å². The summed E-state index contributed by atoms with van der Waals surface area (Å²) in [6.45, 7) is 2.29. The lowest BCUT2D eigenvalue weighted by atomic mass is 10.3. The number of rotatable bonds is 9. The fraction of sp³-hybridized carbons (Fsp3) is 0.462. The Hall–Kier alpha value is -1.36. The van der Waals surface area contributed by atoms with E-state index in [1.807, 2.05) is 6.92 Å². The molecule has 1 aromatic rings. The van der Waals surface area contributed by atoms with Gasteiger partial charge in [0.25, 0.3) is 0 Å². The summed E-state index contributed by atoms with van der Waals surface area (Å²) >= 11 is 0. The van der Waals surface area contributed by atoms with Crippen LogP contribution in [0.3, 0.4) is 0 Å². The van der Waals surface area contributed by atoms with E-state index in [0.29, 0.717) is 12.4 Å². The monoisotopic (exact) mass is 302 g/mol. The van der Waals surface area contributed by atoms with Gasteiger partial charge in [0, 0.05) is 14.2 Å². The molecule has 1 aromatic carbocycles. The summed E-state index contributed by atoms with van der Waals surface area (Å²) < 4.78 is 31.7. The fourth-order valence-corrected chi connectivity index (χ4v) is 2.36. The van der Waals surface area contributed by atoms with Crippen molar-refractivity contribution in [3.05, 3.63) is 24.3 Å². The minimum absolute atomic E-state index is 0.190. The number of carbonyl (C=O) groups excluding carboxylic acids is 1. The molecule has 0 heterocycles. The Morgan fingerprint density at radius 2 is 1.55 bits per heavy atom. The number of ketones is 1. The number of Topliss-reactive ketones (excluding diaryl/α,β-unsaturated/α-hetero) is 1. The first kappa shape index (κ1) is 16.7. The Balaban J connectivity index is 2.46. The maximum absolute atomic E-state index is 11.8. The zero-order chi connectivity index (χ0) is 15.0. The minimum atomic E-state index is -3.32. The Morgan fingerprint density at radius 1 is 1.05 bits per heavy atom. The molecule has 0 unspecified atom stereocenters. The summed E-state index contributed by atoms with van der Waals surface area (Å²) in [5.41, 5.74) is 0. The van der Waals surface area contributed by atoms with Crippen molar-refractivity contribution >= 4 is 13.4 Å². The summed E-state index contributed by atoms with van der Waals surface area (Å²) in [7, 11) is -0.843. The molecule has 0 saturated heterocycles. The first-order valence-electron chi connectivity index (χ1n) is 6.11. The lowest BCUT2D eigenvalue weighted by Crippen LogP contribution is -2.16. The molecule has 0 aliphatic heterocycles. The van der Waals surface area contributed by atoms with Crippen molar-refractivity contribution in [3.63, 3.8) is 0 Å². The van der Waals surface area contributed by atoms with Gasteiger partial charge in [-0.25, -0.2) is 0 Å². The molecular weight excluding hydrogens is 283 g/mol. The van der Waals surface area contributed by atoms with Crippen LogP contribution in [0.5, 0.6) is 11.5 Å². The Morgan fingerprint density at radius 3 is 2.00 bits per heavy atom. The molecule has 0 aliphatic carbocycles. The molecule has 0 amide bonds. The van der Waals surface area contributed by atoms with Gasteiger partial charge in [0.15, 0.2) is 5.78 Å². The molecule has 1 rings (SSSR count). The van der Waals surface area contributed by atoms with Gasteiger partial charge in [-0.2, -0.15) is 0 Å². The van der Waals surface area contributed by atoms with Crippen LogP contribution < -0.4 is 9.47 Å². The highest BCUT2D eigenvalue weighted by Gasteiger charge is 2.25. The third kappa shape index (κ3) is 5.33. The van der Waals surface area contributed by atoms with Crippen molar-refractivity contribution in [2.45, 2.75) is 6.92 Å². The second kappa shape index (κ2) is 8.04. The lowest BCUT2D eigenvalue weighted by Gasteiger charge is -2.13. The SMILES string of the molecule is CCOc1ccc(OCC(=O)CP(=O)(OC)OC)cc1. The third-order valence-corrected chi connectivity index (χ3v) is 4.31. The Kier molecular flexibility index (Phi) is 6.71. The summed E-state index contributed by atoms with van der Waals surface area (Å²) in [6, 6.07) is 6.89. The van der Waals surface area contributed by atoms with Crippen molar-refractivity contribution in [2.24, 2.45) is 0 Å². The van der Waals surface area contributed by atoms with Gasteiger partial charge >= 0.3 is 7.60 Å². The van der Waals surface area contributed by atoms with E-state index in [1.54, 1.807) is 24.3 Å². The number of hydrogen-bond donors (Lipinski definition) is 0. The van der Waals surface area contributed by atoms with E-state index < -0.39 is 7.60 Å². The average Bonchev–Trinajstić information content (AvgIpc) is 2.47. The predicted octanol–water partition coefficient (Wildman–Crippen LogP) is 2.52. The molecule has 0 fully saturated rings. The standard InChI is InChI=1S/C13H19O6P/c1-4-18-12-5-7-13(8-6-12)19-9-11(14)10-20(15,16-2)17-3/h5-8H,4,9-10H2,1-3H3. The van der Waals surface area contributed by atoms with E-state index in [0.717, 1.165) is 5.75 Å². The molecule has 6 nitrogen and oxygen atoms in total. The second-order valence-corrected chi connectivity index (χ2v) is 6.13. The van der Waals surface area contributed by atoms with Gasteiger partial charge in [-0.1, -0.05) is 0 Å². The Bertz CT molecular complexity index is 462. The maximum Gasteiger partial charge on any atom is 0.337 e. The zero-order valence-electron chi connectivity index (χ0n) is 11.8. The van der Waals surface area contributed by atoms with E-state index in [1.165, 1.54) is 14.2 Å². The normalized spacial score (nSPS) is 11.2. The summed E-state index contributed by atoms with van der Waals surface area (Å²) in [5.74, 6) is 0.909. The van der Waals surface area contributed by atoms with Gasteiger partial charge in [0.1, 0.15) is 24.3 Å². The maximum atomic E-state index is 11.8. The van der Waals surface area contributed by atoms with Crippen molar-refractivity contribution in [3.8, 4) is 11.5 Å². The molecule has 0 radical (unpaired) electrons. The highest BCUT2D eigenvalue weighted by molar-refractivity contribution is 7.54.